The summed E-state index contributed by atoms with van der Waals surface area (Å²) in [6.45, 7) is 6.68. The molecule has 2 rings (SSSR count). The molecule has 1 N–H and O–H groups in total. The van der Waals surface area contributed by atoms with Crippen LogP contribution in [0.1, 0.15) is 55.4 Å². The summed E-state index contributed by atoms with van der Waals surface area (Å²) < 4.78 is 5.11. The Hall–Kier alpha value is -1.32. The van der Waals surface area contributed by atoms with Gasteiger partial charge in [0.15, 0.2) is 5.69 Å². The van der Waals surface area contributed by atoms with Gasteiger partial charge in [-0.05, 0) is 24.2 Å². The van der Waals surface area contributed by atoms with Gasteiger partial charge in [-0.2, -0.15) is 0 Å². The predicted molar refractivity (Wildman–Crippen MR) is 63.0 cm³/mol. The second kappa shape index (κ2) is 4.17. The van der Waals surface area contributed by atoms with Crippen LogP contribution in [0.4, 0.5) is 0 Å². The van der Waals surface area contributed by atoms with Crippen molar-refractivity contribution in [1.82, 2.24) is 5.16 Å². The average Bonchev–Trinajstić information content (AvgIpc) is 2.71. The minimum atomic E-state index is -0.982. The molecule has 0 spiro atoms. The lowest BCUT2D eigenvalue weighted by atomic mass is 9.69. The monoisotopic (exact) mass is 237 g/mol. The van der Waals surface area contributed by atoms with Crippen LogP contribution in [0.15, 0.2) is 4.52 Å². The fourth-order valence-electron chi connectivity index (χ4n) is 2.53. The number of fused-ring (bicyclic) bond motifs is 1. The highest BCUT2D eigenvalue weighted by Crippen LogP contribution is 2.40. The first-order valence-corrected chi connectivity index (χ1v) is 6.16. The van der Waals surface area contributed by atoms with Gasteiger partial charge in [-0.1, -0.05) is 32.3 Å². The van der Waals surface area contributed by atoms with Gasteiger partial charge in [0.05, 0.1) is 0 Å². The molecule has 0 saturated carbocycles. The van der Waals surface area contributed by atoms with E-state index >= 15 is 0 Å². The number of hydrogen-bond acceptors (Lipinski definition) is 3. The van der Waals surface area contributed by atoms with Crippen LogP contribution in [0.3, 0.4) is 0 Å². The van der Waals surface area contributed by atoms with E-state index in [1.807, 2.05) is 0 Å². The van der Waals surface area contributed by atoms with Gasteiger partial charge in [0.1, 0.15) is 5.76 Å². The molecule has 0 amide bonds. The van der Waals surface area contributed by atoms with Gasteiger partial charge >= 0.3 is 5.97 Å². The van der Waals surface area contributed by atoms with Crippen molar-refractivity contribution in [3.8, 4) is 0 Å². The molecule has 4 heteroatoms. The molecule has 1 aromatic heterocycles. The number of hydrogen-bond donors (Lipinski definition) is 1. The smallest absolute Gasteiger partial charge is 0.358 e. The van der Waals surface area contributed by atoms with Gasteiger partial charge in [0.2, 0.25) is 0 Å². The van der Waals surface area contributed by atoms with Crippen LogP contribution in [0.5, 0.6) is 0 Å². The van der Waals surface area contributed by atoms with Gasteiger partial charge in [-0.15, -0.1) is 0 Å². The van der Waals surface area contributed by atoms with Crippen molar-refractivity contribution in [2.45, 2.75) is 46.5 Å². The van der Waals surface area contributed by atoms with E-state index < -0.39 is 5.97 Å². The number of carbonyl (C=O) groups is 1. The first-order chi connectivity index (χ1) is 7.95. The van der Waals surface area contributed by atoms with E-state index in [1.165, 1.54) is 0 Å². The van der Waals surface area contributed by atoms with Gasteiger partial charge in [0.25, 0.3) is 0 Å². The molecule has 0 aliphatic heterocycles. The number of aromatic nitrogens is 1. The number of carboxylic acids is 1. The molecule has 94 valence electrons. The maximum atomic E-state index is 11.0. The van der Waals surface area contributed by atoms with Crippen molar-refractivity contribution < 1.29 is 14.4 Å². The van der Waals surface area contributed by atoms with Crippen molar-refractivity contribution in [2.24, 2.45) is 11.3 Å². The van der Waals surface area contributed by atoms with E-state index in [2.05, 4.69) is 25.9 Å². The summed E-state index contributed by atoms with van der Waals surface area (Å²) in [6.07, 6.45) is 3.74. The second-order valence-corrected chi connectivity index (χ2v) is 5.52. The predicted octanol–water partition coefficient (Wildman–Crippen LogP) is 2.91. The van der Waals surface area contributed by atoms with E-state index in [1.54, 1.807) is 0 Å². The second-order valence-electron chi connectivity index (χ2n) is 5.52. The van der Waals surface area contributed by atoms with Crippen molar-refractivity contribution in [2.75, 3.05) is 0 Å². The molecule has 0 bridgehead atoms. The highest BCUT2D eigenvalue weighted by molar-refractivity contribution is 5.87. The van der Waals surface area contributed by atoms with E-state index in [9.17, 15) is 4.79 Å². The minimum absolute atomic E-state index is 0.108. The Bertz CT molecular complexity index is 434. The van der Waals surface area contributed by atoms with Crippen LogP contribution in [0.25, 0.3) is 0 Å². The van der Waals surface area contributed by atoms with E-state index in [-0.39, 0.29) is 11.1 Å². The van der Waals surface area contributed by atoms with Crippen LogP contribution in [0.2, 0.25) is 0 Å². The molecular formula is C13H19NO3. The van der Waals surface area contributed by atoms with Crippen molar-refractivity contribution in [1.29, 1.82) is 0 Å². The molecule has 0 saturated heterocycles. The van der Waals surface area contributed by atoms with Crippen LogP contribution < -0.4 is 0 Å². The molecule has 1 unspecified atom stereocenters. The third-order valence-electron chi connectivity index (χ3n) is 4.26. The Morgan fingerprint density at radius 1 is 1.59 bits per heavy atom. The molecule has 17 heavy (non-hydrogen) atoms. The zero-order valence-corrected chi connectivity index (χ0v) is 10.6. The highest BCUT2D eigenvalue weighted by atomic mass is 16.5. The van der Waals surface area contributed by atoms with Crippen molar-refractivity contribution in [3.63, 3.8) is 0 Å². The summed E-state index contributed by atoms with van der Waals surface area (Å²) in [7, 11) is 0. The Kier molecular flexibility index (Phi) is 2.98. The Balaban J connectivity index is 2.28. The lowest BCUT2D eigenvalue weighted by molar-refractivity contribution is 0.0684. The molecule has 1 atom stereocenters. The number of aryl methyl sites for hydroxylation is 1. The van der Waals surface area contributed by atoms with Crippen LogP contribution in [0, 0.1) is 11.3 Å². The molecule has 0 radical (unpaired) electrons. The first-order valence-electron chi connectivity index (χ1n) is 6.16. The Morgan fingerprint density at radius 2 is 2.29 bits per heavy atom. The van der Waals surface area contributed by atoms with Gasteiger partial charge < -0.3 is 9.63 Å². The quantitative estimate of drug-likeness (QED) is 0.877. The average molecular weight is 237 g/mol. The van der Waals surface area contributed by atoms with Crippen LogP contribution in [-0.4, -0.2) is 16.2 Å². The SMILES string of the molecule is CCC(C)(C)C1CCc2onc(C(=O)O)c2C1. The minimum Gasteiger partial charge on any atom is -0.476 e. The summed E-state index contributed by atoms with van der Waals surface area (Å²) >= 11 is 0. The van der Waals surface area contributed by atoms with Crippen LogP contribution in [-0.2, 0) is 12.8 Å². The summed E-state index contributed by atoms with van der Waals surface area (Å²) in [4.78, 5) is 11.0. The Labute approximate surface area is 101 Å². The molecule has 1 heterocycles. The third kappa shape index (κ3) is 2.08. The summed E-state index contributed by atoms with van der Waals surface area (Å²) in [5.41, 5.74) is 1.16. The molecule has 4 nitrogen and oxygen atoms in total. The van der Waals surface area contributed by atoms with Crippen LogP contribution >= 0.6 is 0 Å². The van der Waals surface area contributed by atoms with Gasteiger partial charge in [0, 0.05) is 12.0 Å². The first kappa shape index (κ1) is 12.1. The lowest BCUT2D eigenvalue weighted by Gasteiger charge is -2.35. The maximum Gasteiger partial charge on any atom is 0.358 e. The van der Waals surface area contributed by atoms with Gasteiger partial charge in [-0.25, -0.2) is 4.79 Å². The summed E-state index contributed by atoms with van der Waals surface area (Å²) in [6, 6.07) is 0. The summed E-state index contributed by atoms with van der Waals surface area (Å²) in [5, 5.41) is 12.7. The number of nitrogens with zero attached hydrogens (tertiary/aromatic N) is 1. The molecule has 0 aromatic carbocycles. The molecule has 1 aromatic rings. The van der Waals surface area contributed by atoms with E-state index in [4.69, 9.17) is 9.63 Å². The normalized spacial score (nSPS) is 20.1. The van der Waals surface area contributed by atoms with Crippen molar-refractivity contribution in [3.05, 3.63) is 17.0 Å². The molecular weight excluding hydrogens is 218 g/mol. The zero-order chi connectivity index (χ0) is 12.6. The largest absolute Gasteiger partial charge is 0.476 e. The Morgan fingerprint density at radius 3 is 2.88 bits per heavy atom. The zero-order valence-electron chi connectivity index (χ0n) is 10.6. The fraction of sp³-hybridized carbons (Fsp3) is 0.692. The van der Waals surface area contributed by atoms with E-state index in [0.29, 0.717) is 5.92 Å². The van der Waals surface area contributed by atoms with E-state index in [0.717, 1.165) is 37.0 Å². The van der Waals surface area contributed by atoms with Crippen molar-refractivity contribution >= 4 is 5.97 Å². The number of carboxylic acid groups (broad SMARTS) is 1. The standard InChI is InChI=1S/C13H19NO3/c1-4-13(2,3)8-5-6-10-9(7-8)11(12(15)16)14-17-10/h8H,4-7H2,1-3H3,(H,15,16). The third-order valence-corrected chi connectivity index (χ3v) is 4.26. The molecule has 1 aliphatic rings. The molecule has 0 fully saturated rings. The molecule has 1 aliphatic carbocycles. The maximum absolute atomic E-state index is 11.0. The fourth-order valence-corrected chi connectivity index (χ4v) is 2.53. The lowest BCUT2D eigenvalue weighted by Crippen LogP contribution is -2.29. The highest BCUT2D eigenvalue weighted by Gasteiger charge is 2.35. The van der Waals surface area contributed by atoms with Gasteiger partial charge in [-0.3, -0.25) is 0 Å². The number of aromatic carboxylic acids is 1. The summed E-state index contributed by atoms with van der Waals surface area (Å²) in [5.74, 6) is 0.299. The number of rotatable bonds is 3. The topological polar surface area (TPSA) is 63.3 Å².